The lowest BCUT2D eigenvalue weighted by molar-refractivity contribution is 0.0500. The van der Waals surface area contributed by atoms with Crippen LogP contribution in [0.4, 0.5) is 26.2 Å². The number of halogens is 2. The molecular weight excluding hydrogens is 460 g/mol. The van der Waals surface area contributed by atoms with Gasteiger partial charge in [0, 0.05) is 30.7 Å². The molecule has 2 atom stereocenters. The summed E-state index contributed by atoms with van der Waals surface area (Å²) in [5.41, 5.74) is -0.851. The van der Waals surface area contributed by atoms with Crippen molar-refractivity contribution in [1.82, 2.24) is 34.7 Å². The van der Waals surface area contributed by atoms with Crippen LogP contribution in [0.1, 0.15) is 39.5 Å². The van der Waals surface area contributed by atoms with E-state index >= 15 is 0 Å². The highest BCUT2D eigenvalue weighted by atomic mass is 19.1. The van der Waals surface area contributed by atoms with Gasteiger partial charge >= 0.3 is 5.69 Å². The Labute approximate surface area is 199 Å². The highest BCUT2D eigenvalue weighted by Crippen LogP contribution is 2.38. The molecule has 4 heterocycles. The van der Waals surface area contributed by atoms with E-state index in [1.807, 2.05) is 0 Å². The number of piperidine rings is 1. The van der Waals surface area contributed by atoms with Crippen molar-refractivity contribution in [2.24, 2.45) is 7.05 Å². The van der Waals surface area contributed by atoms with E-state index in [0.29, 0.717) is 6.04 Å². The largest absolute Gasteiger partial charge is 0.506 e. The number of aromatic nitrogens is 6. The quantitative estimate of drug-likeness (QED) is 0.465. The monoisotopic (exact) mass is 487 g/mol. The normalized spacial score (nSPS) is 21.6. The third-order valence-electron chi connectivity index (χ3n) is 6.80. The number of phenols is 1. The summed E-state index contributed by atoms with van der Waals surface area (Å²) in [6.07, 6.45) is 5.02. The molecule has 2 aromatic heterocycles. The molecule has 0 radical (unpaired) electrons. The Bertz CT molecular complexity index is 1320. The second-order valence-corrected chi connectivity index (χ2v) is 9.72. The fourth-order valence-electron chi connectivity index (χ4n) is 5.24. The molecule has 0 aliphatic carbocycles. The van der Waals surface area contributed by atoms with Crippen LogP contribution in [0, 0.1) is 11.6 Å². The molecule has 0 spiro atoms. The van der Waals surface area contributed by atoms with Gasteiger partial charge in [-0.1, -0.05) is 0 Å². The molecule has 2 fully saturated rings. The molecule has 35 heavy (non-hydrogen) atoms. The summed E-state index contributed by atoms with van der Waals surface area (Å²) in [7, 11) is 1.39. The Hall–Kier alpha value is -3.61. The molecule has 0 amide bonds. The number of anilines is 3. The van der Waals surface area contributed by atoms with Crippen LogP contribution < -0.4 is 16.3 Å². The maximum absolute atomic E-state index is 14.6. The first-order valence-corrected chi connectivity index (χ1v) is 11.5. The summed E-state index contributed by atoms with van der Waals surface area (Å²) in [5, 5.41) is 23.3. The van der Waals surface area contributed by atoms with E-state index in [-0.39, 0.29) is 34.7 Å². The Kier molecular flexibility index (Phi) is 5.66. The van der Waals surface area contributed by atoms with Gasteiger partial charge in [-0.15, -0.1) is 0 Å². The number of hydrogen-bond acceptors (Lipinski definition) is 9. The number of aryl methyl sites for hydroxylation is 1. The smallest absolute Gasteiger partial charge is 0.368 e. The second-order valence-electron chi connectivity index (χ2n) is 9.72. The number of rotatable bonds is 5. The van der Waals surface area contributed by atoms with E-state index in [1.54, 1.807) is 0 Å². The van der Waals surface area contributed by atoms with Gasteiger partial charge in [-0.05, 0) is 62.6 Å². The molecule has 1 aromatic carbocycles. The van der Waals surface area contributed by atoms with Crippen molar-refractivity contribution in [3.8, 4) is 11.4 Å². The van der Waals surface area contributed by atoms with Crippen LogP contribution in [0.3, 0.4) is 0 Å². The van der Waals surface area contributed by atoms with Gasteiger partial charge in [-0.25, -0.2) is 18.6 Å². The second kappa shape index (κ2) is 8.56. The van der Waals surface area contributed by atoms with Crippen LogP contribution in [0.15, 0.2) is 23.1 Å². The number of nitrogens with one attached hydrogen (secondary N) is 2. The number of benzene rings is 1. The predicted molar refractivity (Wildman–Crippen MR) is 124 cm³/mol. The van der Waals surface area contributed by atoms with Crippen molar-refractivity contribution in [3.63, 3.8) is 0 Å². The molecule has 186 valence electrons. The van der Waals surface area contributed by atoms with Crippen molar-refractivity contribution in [1.29, 1.82) is 0 Å². The Morgan fingerprint density at radius 1 is 1.20 bits per heavy atom. The topological polar surface area (TPSA) is 126 Å². The van der Waals surface area contributed by atoms with Gasteiger partial charge in [-0.3, -0.25) is 4.90 Å². The fourth-order valence-corrected chi connectivity index (χ4v) is 5.24. The number of aromatic hydroxyl groups is 1. The average Bonchev–Trinajstić information content (AvgIpc) is 3.40. The molecule has 3 N–H and O–H groups in total. The summed E-state index contributed by atoms with van der Waals surface area (Å²) in [5.74, 6) is -1.95. The summed E-state index contributed by atoms with van der Waals surface area (Å²) in [6, 6.07) is 2.49. The molecule has 5 rings (SSSR count). The van der Waals surface area contributed by atoms with Crippen LogP contribution in [-0.4, -0.2) is 63.9 Å². The van der Waals surface area contributed by atoms with Crippen LogP contribution in [0.2, 0.25) is 0 Å². The molecule has 0 bridgehead atoms. The molecule has 1 unspecified atom stereocenters. The molecule has 3 aromatic rings. The van der Waals surface area contributed by atoms with Crippen molar-refractivity contribution < 1.29 is 13.9 Å². The summed E-state index contributed by atoms with van der Waals surface area (Å²) < 4.78 is 31.0. The van der Waals surface area contributed by atoms with Crippen LogP contribution in [0.25, 0.3) is 5.69 Å². The van der Waals surface area contributed by atoms with Gasteiger partial charge < -0.3 is 15.7 Å². The number of hydrogen-bond donors (Lipinski definition) is 3. The van der Waals surface area contributed by atoms with Crippen molar-refractivity contribution in [3.05, 3.63) is 40.4 Å². The molecule has 2 saturated heterocycles. The summed E-state index contributed by atoms with van der Waals surface area (Å²) >= 11 is 0. The minimum absolute atomic E-state index is 0.00828. The highest BCUT2D eigenvalue weighted by Gasteiger charge is 2.43. The maximum atomic E-state index is 14.6. The lowest BCUT2D eigenvalue weighted by Gasteiger charge is -2.47. The van der Waals surface area contributed by atoms with E-state index in [0.717, 1.165) is 53.9 Å². The lowest BCUT2D eigenvalue weighted by atomic mass is 9.84. The highest BCUT2D eigenvalue weighted by molar-refractivity contribution is 5.63. The van der Waals surface area contributed by atoms with Gasteiger partial charge in [0.15, 0.2) is 17.5 Å². The van der Waals surface area contributed by atoms with Crippen molar-refractivity contribution in [2.45, 2.75) is 57.2 Å². The Morgan fingerprint density at radius 2 is 2.00 bits per heavy atom. The summed E-state index contributed by atoms with van der Waals surface area (Å²) in [6.45, 7) is 5.49. The van der Waals surface area contributed by atoms with E-state index < -0.39 is 23.1 Å². The van der Waals surface area contributed by atoms with E-state index in [9.17, 15) is 18.7 Å². The minimum Gasteiger partial charge on any atom is -0.506 e. The van der Waals surface area contributed by atoms with Gasteiger partial charge in [0.05, 0.1) is 11.9 Å². The van der Waals surface area contributed by atoms with Crippen molar-refractivity contribution >= 4 is 17.5 Å². The van der Waals surface area contributed by atoms with E-state index in [2.05, 4.69) is 49.8 Å². The Balaban J connectivity index is 1.39. The Morgan fingerprint density at radius 3 is 2.74 bits per heavy atom. The molecule has 2 aliphatic heterocycles. The SMILES string of the molecule is Cn1nnn(-c2cc(Nc3ncc(F)c(N[C@@H]4CC5CCCN5C(C)(C)C4)n3)c(F)cc2O)c1=O. The zero-order valence-corrected chi connectivity index (χ0v) is 19.7. The van der Waals surface area contributed by atoms with Crippen molar-refractivity contribution in [2.75, 3.05) is 17.2 Å². The number of fused-ring (bicyclic) bond motifs is 1. The fraction of sp³-hybridized carbons (Fsp3) is 0.500. The van der Waals surface area contributed by atoms with Gasteiger partial charge in [0.1, 0.15) is 11.4 Å². The molecule has 0 saturated carbocycles. The van der Waals surface area contributed by atoms with Gasteiger partial charge in [0.25, 0.3) is 0 Å². The average molecular weight is 488 g/mol. The van der Waals surface area contributed by atoms with Crippen LogP contribution >= 0.6 is 0 Å². The standard InChI is InChI=1S/C22H27F2N9O2/c1-22(2)10-12(7-13-5-4-6-32(13)22)26-19-15(24)11-25-20(28-19)27-16-9-17(18(34)8-14(16)23)33-21(35)31(3)29-30-33/h8-9,11-13,34H,4-7,10H2,1-3H3,(H2,25,26,27,28)/t12-,13?/m1/s1. The third-order valence-corrected chi connectivity index (χ3v) is 6.80. The lowest BCUT2D eigenvalue weighted by Crippen LogP contribution is -2.55. The number of nitrogens with zero attached hydrogens (tertiary/aromatic N) is 7. The zero-order chi connectivity index (χ0) is 24.9. The first-order chi connectivity index (χ1) is 16.6. The number of tetrazole rings is 1. The first-order valence-electron chi connectivity index (χ1n) is 11.5. The molecule has 13 heteroatoms. The van der Waals surface area contributed by atoms with Gasteiger partial charge in [-0.2, -0.15) is 14.3 Å². The van der Waals surface area contributed by atoms with E-state index in [1.165, 1.54) is 13.1 Å². The molecular formula is C22H27F2N9O2. The van der Waals surface area contributed by atoms with E-state index in [4.69, 9.17) is 0 Å². The molecule has 11 nitrogen and oxygen atoms in total. The number of phenolic OH excluding ortho intramolecular Hbond substituents is 1. The first kappa shape index (κ1) is 23.1. The third kappa shape index (κ3) is 4.31. The molecule has 2 aliphatic rings. The van der Waals surface area contributed by atoms with Crippen LogP contribution in [0.5, 0.6) is 5.75 Å². The predicted octanol–water partition coefficient (Wildman–Crippen LogP) is 2.30. The maximum Gasteiger partial charge on any atom is 0.368 e. The van der Waals surface area contributed by atoms with Gasteiger partial charge in [0.2, 0.25) is 5.95 Å². The van der Waals surface area contributed by atoms with Crippen LogP contribution in [-0.2, 0) is 7.05 Å². The minimum atomic E-state index is -0.819. The summed E-state index contributed by atoms with van der Waals surface area (Å²) in [4.78, 5) is 22.8. The zero-order valence-electron chi connectivity index (χ0n) is 19.7.